The van der Waals surface area contributed by atoms with Gasteiger partial charge in [-0.3, -0.25) is 9.78 Å². The SMILES string of the molecule is O=C(Cc1cn2ccccc2n1)N1CCNCC1c1cccnc1. The molecule has 24 heavy (non-hydrogen) atoms. The molecule has 0 bridgehead atoms. The highest BCUT2D eigenvalue weighted by molar-refractivity contribution is 5.79. The number of rotatable bonds is 3. The Labute approximate surface area is 140 Å². The summed E-state index contributed by atoms with van der Waals surface area (Å²) in [7, 11) is 0. The summed E-state index contributed by atoms with van der Waals surface area (Å²) in [6, 6.07) is 9.80. The third-order valence-corrected chi connectivity index (χ3v) is 4.38. The van der Waals surface area contributed by atoms with Gasteiger partial charge in [0.25, 0.3) is 0 Å². The molecule has 1 aliphatic heterocycles. The fourth-order valence-electron chi connectivity index (χ4n) is 3.20. The van der Waals surface area contributed by atoms with Crippen molar-refractivity contribution in [2.75, 3.05) is 19.6 Å². The molecule has 1 saturated heterocycles. The highest BCUT2D eigenvalue weighted by Gasteiger charge is 2.28. The average molecular weight is 321 g/mol. The molecule has 0 aromatic carbocycles. The average Bonchev–Trinajstić information content (AvgIpc) is 3.04. The molecule has 1 amide bonds. The van der Waals surface area contributed by atoms with Crippen LogP contribution in [0.5, 0.6) is 0 Å². The molecule has 3 aromatic heterocycles. The number of nitrogens with zero attached hydrogens (tertiary/aromatic N) is 4. The van der Waals surface area contributed by atoms with Crippen molar-refractivity contribution < 1.29 is 4.79 Å². The normalized spacial score (nSPS) is 18.0. The summed E-state index contributed by atoms with van der Waals surface area (Å²) < 4.78 is 1.94. The number of pyridine rings is 2. The zero-order chi connectivity index (χ0) is 16.4. The van der Waals surface area contributed by atoms with Gasteiger partial charge >= 0.3 is 0 Å². The number of fused-ring (bicyclic) bond motifs is 1. The first-order valence-corrected chi connectivity index (χ1v) is 8.14. The first-order chi connectivity index (χ1) is 11.8. The van der Waals surface area contributed by atoms with Gasteiger partial charge < -0.3 is 14.6 Å². The molecule has 6 nitrogen and oxygen atoms in total. The lowest BCUT2D eigenvalue weighted by Gasteiger charge is -2.36. The largest absolute Gasteiger partial charge is 0.333 e. The van der Waals surface area contributed by atoms with Gasteiger partial charge in [-0.15, -0.1) is 0 Å². The Kier molecular flexibility index (Phi) is 3.96. The maximum atomic E-state index is 12.9. The second kappa shape index (κ2) is 6.41. The number of amides is 1. The summed E-state index contributed by atoms with van der Waals surface area (Å²) in [5.41, 5.74) is 2.73. The molecule has 0 spiro atoms. The minimum absolute atomic E-state index is 0.0250. The van der Waals surface area contributed by atoms with Crippen molar-refractivity contribution in [1.82, 2.24) is 24.6 Å². The zero-order valence-corrected chi connectivity index (χ0v) is 13.3. The monoisotopic (exact) mass is 321 g/mol. The van der Waals surface area contributed by atoms with Crippen molar-refractivity contribution in [3.63, 3.8) is 0 Å². The van der Waals surface area contributed by atoms with Crippen LogP contribution in [-0.2, 0) is 11.2 Å². The second-order valence-electron chi connectivity index (χ2n) is 5.97. The van der Waals surface area contributed by atoms with Crippen LogP contribution in [0, 0.1) is 0 Å². The van der Waals surface area contributed by atoms with Gasteiger partial charge in [0, 0.05) is 44.4 Å². The lowest BCUT2D eigenvalue weighted by Crippen LogP contribution is -2.49. The third kappa shape index (κ3) is 2.88. The number of carbonyl (C=O) groups is 1. The summed E-state index contributed by atoms with van der Waals surface area (Å²) in [5.74, 6) is 0.105. The second-order valence-corrected chi connectivity index (χ2v) is 5.97. The predicted octanol–water partition coefficient (Wildman–Crippen LogP) is 1.44. The lowest BCUT2D eigenvalue weighted by molar-refractivity contribution is -0.133. The molecule has 1 aliphatic rings. The topological polar surface area (TPSA) is 62.5 Å². The minimum Gasteiger partial charge on any atom is -0.333 e. The van der Waals surface area contributed by atoms with Crippen LogP contribution in [0.15, 0.2) is 55.1 Å². The standard InChI is InChI=1S/C18H19N5O/c24-18(10-15-13-22-8-2-1-5-17(22)21-15)23-9-7-20-12-16(23)14-4-3-6-19-11-14/h1-6,8,11,13,16,20H,7,9-10,12H2. The summed E-state index contributed by atoms with van der Waals surface area (Å²) in [6.45, 7) is 2.27. The number of carbonyl (C=O) groups excluding carboxylic acids is 1. The van der Waals surface area contributed by atoms with Crippen molar-refractivity contribution in [3.8, 4) is 0 Å². The van der Waals surface area contributed by atoms with Crippen molar-refractivity contribution in [3.05, 3.63) is 66.4 Å². The van der Waals surface area contributed by atoms with Gasteiger partial charge in [0.1, 0.15) is 5.65 Å². The lowest BCUT2D eigenvalue weighted by atomic mass is 10.0. The molecular formula is C18H19N5O. The number of piperazine rings is 1. The van der Waals surface area contributed by atoms with E-state index in [9.17, 15) is 4.79 Å². The fraction of sp³-hybridized carbons (Fsp3) is 0.278. The molecule has 0 aliphatic carbocycles. The predicted molar refractivity (Wildman–Crippen MR) is 90.5 cm³/mol. The molecule has 0 saturated carbocycles. The van der Waals surface area contributed by atoms with Gasteiger partial charge in [0.15, 0.2) is 0 Å². The molecule has 1 atom stereocenters. The molecule has 4 heterocycles. The van der Waals surface area contributed by atoms with E-state index in [4.69, 9.17) is 0 Å². The summed E-state index contributed by atoms with van der Waals surface area (Å²) in [4.78, 5) is 23.5. The Bertz CT molecular complexity index is 812. The van der Waals surface area contributed by atoms with Crippen LogP contribution in [0.25, 0.3) is 5.65 Å². The van der Waals surface area contributed by atoms with E-state index in [0.717, 1.165) is 30.0 Å². The maximum absolute atomic E-state index is 12.9. The Morgan fingerprint density at radius 3 is 3.08 bits per heavy atom. The van der Waals surface area contributed by atoms with E-state index in [0.29, 0.717) is 13.0 Å². The number of hydrogen-bond donors (Lipinski definition) is 1. The third-order valence-electron chi connectivity index (χ3n) is 4.38. The number of aromatic nitrogens is 3. The van der Waals surface area contributed by atoms with Crippen LogP contribution in [0.1, 0.15) is 17.3 Å². The molecule has 6 heteroatoms. The summed E-state index contributed by atoms with van der Waals surface area (Å²) in [6.07, 6.45) is 7.78. The summed E-state index contributed by atoms with van der Waals surface area (Å²) >= 11 is 0. The van der Waals surface area contributed by atoms with E-state index in [-0.39, 0.29) is 11.9 Å². The first-order valence-electron chi connectivity index (χ1n) is 8.14. The van der Waals surface area contributed by atoms with Gasteiger partial charge in [-0.05, 0) is 23.8 Å². The van der Waals surface area contributed by atoms with Crippen LogP contribution >= 0.6 is 0 Å². The number of imidazole rings is 1. The van der Waals surface area contributed by atoms with Crippen LogP contribution in [0.4, 0.5) is 0 Å². The Hall–Kier alpha value is -2.73. The van der Waals surface area contributed by atoms with Crippen LogP contribution in [0.2, 0.25) is 0 Å². The highest BCUT2D eigenvalue weighted by atomic mass is 16.2. The molecule has 122 valence electrons. The Morgan fingerprint density at radius 2 is 2.25 bits per heavy atom. The zero-order valence-electron chi connectivity index (χ0n) is 13.3. The van der Waals surface area contributed by atoms with E-state index in [1.54, 1.807) is 6.20 Å². The number of hydrogen-bond acceptors (Lipinski definition) is 4. The maximum Gasteiger partial charge on any atom is 0.229 e. The highest BCUT2D eigenvalue weighted by Crippen LogP contribution is 2.22. The van der Waals surface area contributed by atoms with Gasteiger partial charge in [0.05, 0.1) is 18.2 Å². The van der Waals surface area contributed by atoms with Crippen molar-refractivity contribution in [1.29, 1.82) is 0 Å². The van der Waals surface area contributed by atoms with E-state index < -0.39 is 0 Å². The molecule has 1 N–H and O–H groups in total. The quantitative estimate of drug-likeness (QED) is 0.793. The van der Waals surface area contributed by atoms with Gasteiger partial charge in [-0.25, -0.2) is 4.98 Å². The van der Waals surface area contributed by atoms with Crippen molar-refractivity contribution in [2.45, 2.75) is 12.5 Å². The Balaban J connectivity index is 1.55. The van der Waals surface area contributed by atoms with E-state index in [1.807, 2.05) is 58.2 Å². The van der Waals surface area contributed by atoms with E-state index in [2.05, 4.69) is 15.3 Å². The molecular weight excluding hydrogens is 302 g/mol. The van der Waals surface area contributed by atoms with Crippen LogP contribution in [-0.4, -0.2) is 44.8 Å². The first kappa shape index (κ1) is 14.8. The number of nitrogens with one attached hydrogen (secondary N) is 1. The molecule has 3 aromatic rings. The van der Waals surface area contributed by atoms with Crippen molar-refractivity contribution >= 4 is 11.6 Å². The fourth-order valence-corrected chi connectivity index (χ4v) is 3.20. The van der Waals surface area contributed by atoms with Crippen molar-refractivity contribution in [2.24, 2.45) is 0 Å². The van der Waals surface area contributed by atoms with Gasteiger partial charge in [0.2, 0.25) is 5.91 Å². The van der Waals surface area contributed by atoms with Crippen LogP contribution < -0.4 is 5.32 Å². The van der Waals surface area contributed by atoms with Gasteiger partial charge in [-0.1, -0.05) is 12.1 Å². The summed E-state index contributed by atoms with van der Waals surface area (Å²) in [5, 5.41) is 3.36. The van der Waals surface area contributed by atoms with E-state index >= 15 is 0 Å². The molecule has 1 unspecified atom stereocenters. The smallest absolute Gasteiger partial charge is 0.229 e. The van der Waals surface area contributed by atoms with Gasteiger partial charge in [-0.2, -0.15) is 0 Å². The minimum atomic E-state index is 0.0250. The molecule has 1 fully saturated rings. The molecule has 4 rings (SSSR count). The van der Waals surface area contributed by atoms with E-state index in [1.165, 1.54) is 0 Å². The van der Waals surface area contributed by atoms with Crippen LogP contribution in [0.3, 0.4) is 0 Å². The Morgan fingerprint density at radius 1 is 1.29 bits per heavy atom. The molecule has 0 radical (unpaired) electrons.